The van der Waals surface area contributed by atoms with Gasteiger partial charge in [-0.15, -0.1) is 0 Å². The average Bonchev–Trinajstić information content (AvgIpc) is 2.73. The number of piperidine rings is 1. The van der Waals surface area contributed by atoms with Crippen LogP contribution in [0.2, 0.25) is 0 Å². The summed E-state index contributed by atoms with van der Waals surface area (Å²) in [7, 11) is 0. The summed E-state index contributed by atoms with van der Waals surface area (Å²) in [6.45, 7) is 5.73. The van der Waals surface area contributed by atoms with Crippen LogP contribution in [0.3, 0.4) is 0 Å². The lowest BCUT2D eigenvalue weighted by atomic mass is 9.78. The van der Waals surface area contributed by atoms with E-state index in [-0.39, 0.29) is 17.5 Å². The molecule has 4 heterocycles. The minimum absolute atomic E-state index is 0.0247. The van der Waals surface area contributed by atoms with Gasteiger partial charge in [-0.2, -0.15) is 0 Å². The van der Waals surface area contributed by atoms with Crippen molar-refractivity contribution in [1.82, 2.24) is 19.8 Å². The molecule has 4 rings (SSSR count). The number of likely N-dealkylation sites (tertiary alicyclic amines) is 1. The van der Waals surface area contributed by atoms with E-state index >= 15 is 0 Å². The molecule has 2 aliphatic rings. The smallest absolute Gasteiger partial charge is 0.251 e. The molecule has 1 amide bonds. The quantitative estimate of drug-likeness (QED) is 0.832. The van der Waals surface area contributed by atoms with Gasteiger partial charge in [-0.1, -0.05) is 19.1 Å². The van der Waals surface area contributed by atoms with Crippen LogP contribution in [0.1, 0.15) is 43.0 Å². The molecule has 0 unspecified atom stereocenters. The number of rotatable bonds is 6. The maximum atomic E-state index is 12.6. The maximum absolute atomic E-state index is 12.6. The molecule has 3 atom stereocenters. The Morgan fingerprint density at radius 2 is 2.14 bits per heavy atom. The standard InChI is InChI=1S/C22H28N4O2/c1-2-25-14-17-11-18(15-25)20(26-19(17)6-3-7-22(26)28)13-24-21(27)9-8-16-5-4-10-23-12-16/h3-7,10,12,17-18,20H,2,8-9,11,13-15H2,1H3,(H,24,27)/t17-,18+,20+/m1/s1. The van der Waals surface area contributed by atoms with E-state index in [1.165, 1.54) is 0 Å². The summed E-state index contributed by atoms with van der Waals surface area (Å²) in [4.78, 5) is 31.6. The van der Waals surface area contributed by atoms with E-state index in [1.807, 2.05) is 22.8 Å². The second-order valence-electron chi connectivity index (χ2n) is 7.94. The summed E-state index contributed by atoms with van der Waals surface area (Å²) in [5.74, 6) is 0.828. The fourth-order valence-corrected chi connectivity index (χ4v) is 4.77. The molecule has 2 aromatic rings. The normalized spacial score (nSPS) is 23.8. The number of fused-ring (bicyclic) bond motifs is 4. The van der Waals surface area contributed by atoms with E-state index in [4.69, 9.17) is 0 Å². The highest BCUT2D eigenvalue weighted by Crippen LogP contribution is 2.40. The number of pyridine rings is 2. The van der Waals surface area contributed by atoms with E-state index in [2.05, 4.69) is 28.2 Å². The molecule has 6 nitrogen and oxygen atoms in total. The van der Waals surface area contributed by atoms with E-state index in [9.17, 15) is 9.59 Å². The number of amides is 1. The zero-order chi connectivity index (χ0) is 19.5. The number of aryl methyl sites for hydroxylation is 1. The van der Waals surface area contributed by atoms with E-state index < -0.39 is 0 Å². The molecule has 1 N–H and O–H groups in total. The van der Waals surface area contributed by atoms with Gasteiger partial charge in [-0.05, 0) is 43.0 Å². The van der Waals surface area contributed by atoms with Crippen molar-refractivity contribution in [2.24, 2.45) is 5.92 Å². The van der Waals surface area contributed by atoms with Gasteiger partial charge in [0.05, 0.1) is 6.04 Å². The summed E-state index contributed by atoms with van der Waals surface area (Å²) >= 11 is 0. The SMILES string of the molecule is CCN1C[C@H]2C[C@@H](C1)[C@H](CNC(=O)CCc1cccnc1)n1c2cccc1=O. The van der Waals surface area contributed by atoms with Crippen molar-refractivity contribution in [3.8, 4) is 0 Å². The van der Waals surface area contributed by atoms with Crippen LogP contribution in [0.4, 0.5) is 0 Å². The van der Waals surface area contributed by atoms with E-state index in [1.54, 1.807) is 18.5 Å². The van der Waals surface area contributed by atoms with E-state index in [0.29, 0.717) is 31.2 Å². The zero-order valence-corrected chi connectivity index (χ0v) is 16.4. The molecule has 2 aromatic heterocycles. The van der Waals surface area contributed by atoms with Crippen molar-refractivity contribution in [3.05, 3.63) is 64.3 Å². The van der Waals surface area contributed by atoms with Gasteiger partial charge in [-0.25, -0.2) is 0 Å². The molecule has 2 bridgehead atoms. The monoisotopic (exact) mass is 380 g/mol. The highest BCUT2D eigenvalue weighted by molar-refractivity contribution is 5.76. The third kappa shape index (κ3) is 3.87. The van der Waals surface area contributed by atoms with Gasteiger partial charge in [0, 0.05) is 56.1 Å². The Balaban J connectivity index is 1.46. The Morgan fingerprint density at radius 3 is 2.93 bits per heavy atom. The first kappa shape index (κ1) is 18.9. The van der Waals surface area contributed by atoms with Gasteiger partial charge in [0.15, 0.2) is 0 Å². The molecule has 28 heavy (non-hydrogen) atoms. The lowest BCUT2D eigenvalue weighted by Gasteiger charge is -2.46. The number of nitrogens with zero attached hydrogens (tertiary/aromatic N) is 3. The molecule has 6 heteroatoms. The van der Waals surface area contributed by atoms with Crippen molar-refractivity contribution >= 4 is 5.91 Å². The summed E-state index contributed by atoms with van der Waals surface area (Å²) in [5.41, 5.74) is 2.23. The largest absolute Gasteiger partial charge is 0.354 e. The topological polar surface area (TPSA) is 67.2 Å². The Morgan fingerprint density at radius 1 is 1.25 bits per heavy atom. The van der Waals surface area contributed by atoms with Crippen molar-refractivity contribution < 1.29 is 4.79 Å². The van der Waals surface area contributed by atoms with Gasteiger partial charge in [0.25, 0.3) is 5.56 Å². The third-order valence-electron chi connectivity index (χ3n) is 6.19. The highest BCUT2D eigenvalue weighted by atomic mass is 16.1. The van der Waals surface area contributed by atoms with E-state index in [0.717, 1.165) is 37.3 Å². The Bertz CT molecular complexity index is 880. The van der Waals surface area contributed by atoms with Crippen molar-refractivity contribution in [2.75, 3.05) is 26.2 Å². The van der Waals surface area contributed by atoms with Crippen LogP contribution < -0.4 is 10.9 Å². The second kappa shape index (κ2) is 8.27. The predicted octanol–water partition coefficient (Wildman–Crippen LogP) is 1.97. The van der Waals surface area contributed by atoms with Crippen LogP contribution >= 0.6 is 0 Å². The first-order chi connectivity index (χ1) is 13.7. The second-order valence-corrected chi connectivity index (χ2v) is 7.94. The maximum Gasteiger partial charge on any atom is 0.251 e. The van der Waals surface area contributed by atoms with Gasteiger partial charge in [-0.3, -0.25) is 14.6 Å². The predicted molar refractivity (Wildman–Crippen MR) is 108 cm³/mol. The number of hydrogen-bond donors (Lipinski definition) is 1. The van der Waals surface area contributed by atoms with Gasteiger partial charge in [0.2, 0.25) is 5.91 Å². The lowest BCUT2D eigenvalue weighted by molar-refractivity contribution is -0.121. The van der Waals surface area contributed by atoms with Crippen LogP contribution in [0.5, 0.6) is 0 Å². The average molecular weight is 380 g/mol. The summed E-state index contributed by atoms with van der Waals surface area (Å²) < 4.78 is 1.95. The van der Waals surface area contributed by atoms with Crippen molar-refractivity contribution in [3.63, 3.8) is 0 Å². The Hall–Kier alpha value is -2.47. The minimum atomic E-state index is 0.0247. The van der Waals surface area contributed by atoms with Crippen molar-refractivity contribution in [2.45, 2.75) is 38.1 Å². The van der Waals surface area contributed by atoms with Crippen LogP contribution in [0, 0.1) is 5.92 Å². The van der Waals surface area contributed by atoms with Crippen LogP contribution in [0.15, 0.2) is 47.5 Å². The van der Waals surface area contributed by atoms with Gasteiger partial charge >= 0.3 is 0 Å². The highest BCUT2D eigenvalue weighted by Gasteiger charge is 2.40. The number of carbonyl (C=O) groups excluding carboxylic acids is 1. The molecule has 1 saturated heterocycles. The number of likely N-dealkylation sites (N-methyl/N-ethyl adjacent to an activating group) is 1. The van der Waals surface area contributed by atoms with Crippen LogP contribution in [-0.2, 0) is 11.2 Å². The van der Waals surface area contributed by atoms with Crippen LogP contribution in [0.25, 0.3) is 0 Å². The number of nitrogens with one attached hydrogen (secondary N) is 1. The van der Waals surface area contributed by atoms with Gasteiger partial charge < -0.3 is 14.8 Å². The molecule has 0 aliphatic carbocycles. The number of hydrogen-bond acceptors (Lipinski definition) is 4. The summed E-state index contributed by atoms with van der Waals surface area (Å²) in [6.07, 6.45) is 5.74. The molecule has 2 aliphatic heterocycles. The fraction of sp³-hybridized carbons (Fsp3) is 0.500. The molecular weight excluding hydrogens is 352 g/mol. The summed E-state index contributed by atoms with van der Waals surface area (Å²) in [6, 6.07) is 9.48. The van der Waals surface area contributed by atoms with Crippen LogP contribution in [-0.4, -0.2) is 46.5 Å². The molecule has 0 radical (unpaired) electrons. The number of carbonyl (C=O) groups is 1. The molecule has 1 fully saturated rings. The molecule has 0 aromatic carbocycles. The van der Waals surface area contributed by atoms with Gasteiger partial charge in [0.1, 0.15) is 0 Å². The first-order valence-electron chi connectivity index (χ1n) is 10.2. The number of aromatic nitrogens is 2. The molecule has 0 spiro atoms. The fourth-order valence-electron chi connectivity index (χ4n) is 4.77. The Labute approximate surface area is 165 Å². The molecule has 148 valence electrons. The van der Waals surface area contributed by atoms with Crippen molar-refractivity contribution in [1.29, 1.82) is 0 Å². The third-order valence-corrected chi connectivity index (χ3v) is 6.19. The zero-order valence-electron chi connectivity index (χ0n) is 16.4. The summed E-state index contributed by atoms with van der Waals surface area (Å²) in [5, 5.41) is 3.09. The molecular formula is C22H28N4O2. The Kier molecular flexibility index (Phi) is 5.57. The first-order valence-corrected chi connectivity index (χ1v) is 10.2. The minimum Gasteiger partial charge on any atom is -0.354 e. The lowest BCUT2D eigenvalue weighted by Crippen LogP contribution is -2.51. The molecule has 0 saturated carbocycles.